The summed E-state index contributed by atoms with van der Waals surface area (Å²) in [7, 11) is 0. The number of halogens is 1. The van der Waals surface area contributed by atoms with Crippen LogP contribution in [0.1, 0.15) is 19.4 Å². The number of carbonyl (C=O) groups is 3. The number of carbonyl (C=O) groups excluding carboxylic acids is 3. The lowest BCUT2D eigenvalue weighted by molar-refractivity contribution is -0.144. The SMILES string of the molecule is C=C(C)C(=O)OCC(COC(=O)C(=C)C)Cc1ccc(-c2ccc(OC=O)cc2)cc1F. The Morgan fingerprint density at radius 1 is 0.938 bits per heavy atom. The maximum absolute atomic E-state index is 14.8. The van der Waals surface area contributed by atoms with Gasteiger partial charge in [0.2, 0.25) is 0 Å². The summed E-state index contributed by atoms with van der Waals surface area (Å²) in [5.41, 5.74) is 2.25. The van der Waals surface area contributed by atoms with E-state index in [9.17, 15) is 18.8 Å². The van der Waals surface area contributed by atoms with Crippen LogP contribution in [0.4, 0.5) is 4.39 Å². The molecular weight excluding hydrogens is 415 g/mol. The van der Waals surface area contributed by atoms with Crippen LogP contribution in [0.5, 0.6) is 5.75 Å². The molecule has 2 rings (SSSR count). The second-order valence-corrected chi connectivity index (χ2v) is 7.37. The molecule has 0 aliphatic heterocycles. The van der Waals surface area contributed by atoms with E-state index in [-0.39, 0.29) is 30.8 Å². The van der Waals surface area contributed by atoms with Gasteiger partial charge in [0, 0.05) is 17.1 Å². The van der Waals surface area contributed by atoms with Gasteiger partial charge in [-0.3, -0.25) is 4.79 Å². The Kier molecular flexibility index (Phi) is 8.89. The van der Waals surface area contributed by atoms with Crippen LogP contribution in [-0.2, 0) is 30.3 Å². The first-order chi connectivity index (χ1) is 15.2. The molecule has 0 unspecified atom stereocenters. The summed E-state index contributed by atoms with van der Waals surface area (Å²) < 4.78 is 30.0. The van der Waals surface area contributed by atoms with E-state index in [0.717, 1.165) is 5.56 Å². The average Bonchev–Trinajstić information content (AvgIpc) is 2.76. The van der Waals surface area contributed by atoms with Crippen LogP contribution < -0.4 is 4.74 Å². The molecule has 0 aliphatic rings. The lowest BCUT2D eigenvalue weighted by Gasteiger charge is -2.18. The predicted octanol–water partition coefficient (Wildman–Crippen LogP) is 4.43. The largest absolute Gasteiger partial charge is 0.462 e. The number of ether oxygens (including phenoxy) is 3. The molecule has 0 fully saturated rings. The lowest BCUT2D eigenvalue weighted by Crippen LogP contribution is -2.23. The van der Waals surface area contributed by atoms with E-state index in [2.05, 4.69) is 13.2 Å². The number of hydrogen-bond acceptors (Lipinski definition) is 6. The van der Waals surface area contributed by atoms with Gasteiger partial charge in [0.1, 0.15) is 11.6 Å². The van der Waals surface area contributed by atoms with Gasteiger partial charge in [0.25, 0.3) is 6.47 Å². The minimum atomic E-state index is -0.570. The maximum atomic E-state index is 14.8. The molecule has 0 bridgehead atoms. The zero-order valence-electron chi connectivity index (χ0n) is 18.1. The standard InChI is InChI=1S/C25H25FO6/c1-16(2)24(28)30-13-18(14-31-25(29)17(3)4)11-21-6-5-20(12-23(21)26)19-7-9-22(10-8-19)32-15-27/h5-10,12,15,18H,1,3,11,13-14H2,2,4H3. The molecule has 2 aromatic carbocycles. The normalized spacial score (nSPS) is 10.4. The van der Waals surface area contributed by atoms with E-state index >= 15 is 0 Å². The van der Waals surface area contributed by atoms with Crippen molar-refractivity contribution in [1.29, 1.82) is 0 Å². The zero-order chi connectivity index (χ0) is 23.7. The molecule has 0 aliphatic carbocycles. The molecule has 0 atom stereocenters. The summed E-state index contributed by atoms with van der Waals surface area (Å²) in [5.74, 6) is -1.66. The summed E-state index contributed by atoms with van der Waals surface area (Å²) >= 11 is 0. The molecule has 0 radical (unpaired) electrons. The number of rotatable bonds is 11. The topological polar surface area (TPSA) is 78.9 Å². The second-order valence-electron chi connectivity index (χ2n) is 7.37. The van der Waals surface area contributed by atoms with Crippen molar-refractivity contribution in [3.05, 3.63) is 78.1 Å². The third kappa shape index (κ3) is 7.19. The van der Waals surface area contributed by atoms with Gasteiger partial charge < -0.3 is 14.2 Å². The van der Waals surface area contributed by atoms with Crippen LogP contribution in [0.3, 0.4) is 0 Å². The molecule has 0 saturated heterocycles. The molecule has 2 aromatic rings. The molecule has 0 saturated carbocycles. The van der Waals surface area contributed by atoms with Gasteiger partial charge in [0.15, 0.2) is 0 Å². The van der Waals surface area contributed by atoms with Gasteiger partial charge in [-0.15, -0.1) is 0 Å². The van der Waals surface area contributed by atoms with Crippen molar-refractivity contribution >= 4 is 18.4 Å². The maximum Gasteiger partial charge on any atom is 0.333 e. The van der Waals surface area contributed by atoms with E-state index in [0.29, 0.717) is 23.3 Å². The first-order valence-electron chi connectivity index (χ1n) is 9.85. The summed E-state index contributed by atoms with van der Waals surface area (Å²) in [5, 5.41) is 0. The Hall–Kier alpha value is -3.74. The first kappa shape index (κ1) is 24.5. The molecule has 32 heavy (non-hydrogen) atoms. The second kappa shape index (κ2) is 11.6. The smallest absolute Gasteiger partial charge is 0.333 e. The van der Waals surface area contributed by atoms with E-state index in [1.807, 2.05) is 0 Å². The van der Waals surface area contributed by atoms with Crippen molar-refractivity contribution < 1.29 is 33.0 Å². The van der Waals surface area contributed by atoms with E-state index in [1.165, 1.54) is 19.9 Å². The molecular formula is C25H25FO6. The molecule has 0 heterocycles. The molecule has 7 heteroatoms. The van der Waals surface area contributed by atoms with Crippen molar-refractivity contribution in [3.8, 4) is 16.9 Å². The quantitative estimate of drug-likeness (QED) is 0.292. The fraction of sp³-hybridized carbons (Fsp3) is 0.240. The highest BCUT2D eigenvalue weighted by Crippen LogP contribution is 2.25. The van der Waals surface area contributed by atoms with Gasteiger partial charge in [-0.2, -0.15) is 0 Å². The van der Waals surface area contributed by atoms with Crippen molar-refractivity contribution in [2.24, 2.45) is 5.92 Å². The Labute approximate surface area is 186 Å². The fourth-order valence-electron chi connectivity index (χ4n) is 2.78. The molecule has 168 valence electrons. The molecule has 0 N–H and O–H groups in total. The van der Waals surface area contributed by atoms with Crippen molar-refractivity contribution in [2.75, 3.05) is 13.2 Å². The zero-order valence-corrected chi connectivity index (χ0v) is 18.1. The summed E-state index contributed by atoms with van der Waals surface area (Å²) in [6, 6.07) is 11.4. The number of benzene rings is 2. The number of hydrogen-bond donors (Lipinski definition) is 0. The Balaban J connectivity index is 2.15. The molecule has 0 aromatic heterocycles. The van der Waals surface area contributed by atoms with Crippen molar-refractivity contribution in [2.45, 2.75) is 20.3 Å². The van der Waals surface area contributed by atoms with Crippen LogP contribution in [-0.4, -0.2) is 31.6 Å². The number of esters is 2. The highest BCUT2D eigenvalue weighted by molar-refractivity contribution is 5.87. The van der Waals surface area contributed by atoms with Crippen LogP contribution in [0.15, 0.2) is 66.8 Å². The van der Waals surface area contributed by atoms with Crippen LogP contribution >= 0.6 is 0 Å². The third-order valence-electron chi connectivity index (χ3n) is 4.53. The Morgan fingerprint density at radius 3 is 1.94 bits per heavy atom. The van der Waals surface area contributed by atoms with Gasteiger partial charge in [-0.25, -0.2) is 14.0 Å². The highest BCUT2D eigenvalue weighted by Gasteiger charge is 2.18. The summed E-state index contributed by atoms with van der Waals surface area (Å²) in [6.07, 6.45) is 0.186. The van der Waals surface area contributed by atoms with Gasteiger partial charge >= 0.3 is 11.9 Å². The van der Waals surface area contributed by atoms with Gasteiger partial charge in [0.05, 0.1) is 13.2 Å². The van der Waals surface area contributed by atoms with E-state index in [1.54, 1.807) is 36.4 Å². The minimum absolute atomic E-state index is 0.0610. The van der Waals surface area contributed by atoms with Crippen molar-refractivity contribution in [1.82, 2.24) is 0 Å². The van der Waals surface area contributed by atoms with Crippen LogP contribution in [0, 0.1) is 11.7 Å². The van der Waals surface area contributed by atoms with Crippen LogP contribution in [0.25, 0.3) is 11.1 Å². The molecule has 6 nitrogen and oxygen atoms in total. The first-order valence-corrected chi connectivity index (χ1v) is 9.85. The average molecular weight is 440 g/mol. The third-order valence-corrected chi connectivity index (χ3v) is 4.53. The van der Waals surface area contributed by atoms with Crippen molar-refractivity contribution in [3.63, 3.8) is 0 Å². The Bertz CT molecular complexity index is 980. The van der Waals surface area contributed by atoms with Crippen LogP contribution in [0.2, 0.25) is 0 Å². The van der Waals surface area contributed by atoms with Gasteiger partial charge in [-0.1, -0.05) is 37.4 Å². The highest BCUT2D eigenvalue weighted by atomic mass is 19.1. The van der Waals surface area contributed by atoms with E-state index < -0.39 is 23.7 Å². The van der Waals surface area contributed by atoms with E-state index in [4.69, 9.17) is 14.2 Å². The molecule has 0 spiro atoms. The minimum Gasteiger partial charge on any atom is -0.462 e. The Morgan fingerprint density at radius 2 is 1.47 bits per heavy atom. The lowest BCUT2D eigenvalue weighted by atomic mass is 9.97. The van der Waals surface area contributed by atoms with Gasteiger partial charge in [-0.05, 0) is 55.2 Å². The monoisotopic (exact) mass is 440 g/mol. The fourth-order valence-corrected chi connectivity index (χ4v) is 2.78. The summed E-state index contributed by atoms with van der Waals surface area (Å²) in [6.45, 7) is 10.3. The summed E-state index contributed by atoms with van der Waals surface area (Å²) in [4.78, 5) is 33.9. The molecule has 0 amide bonds. The predicted molar refractivity (Wildman–Crippen MR) is 117 cm³/mol.